The highest BCUT2D eigenvalue weighted by molar-refractivity contribution is 5.91. The van der Waals surface area contributed by atoms with E-state index in [1.54, 1.807) is 12.1 Å². The molecule has 2 heterocycles. The average molecular weight is 410 g/mol. The summed E-state index contributed by atoms with van der Waals surface area (Å²) in [5.74, 6) is 1.43. The lowest BCUT2D eigenvalue weighted by Gasteiger charge is -2.25. The first-order valence-corrected chi connectivity index (χ1v) is 10.7. The fraction of sp³-hybridized carbons (Fsp3) is 0.417. The number of carbonyl (C=O) groups excluding carboxylic acids is 1. The Morgan fingerprint density at radius 2 is 1.80 bits per heavy atom. The van der Waals surface area contributed by atoms with E-state index < -0.39 is 0 Å². The minimum atomic E-state index is -0.119. The van der Waals surface area contributed by atoms with Crippen LogP contribution >= 0.6 is 0 Å². The van der Waals surface area contributed by atoms with Crippen LogP contribution in [0.5, 0.6) is 0 Å². The molecule has 1 amide bonds. The second-order valence-corrected chi connectivity index (χ2v) is 7.74. The van der Waals surface area contributed by atoms with Crippen molar-refractivity contribution in [3.8, 4) is 11.3 Å². The topological polar surface area (TPSA) is 62.7 Å². The molecular weight excluding hydrogens is 378 g/mol. The van der Waals surface area contributed by atoms with Gasteiger partial charge in [0, 0.05) is 25.2 Å². The molecule has 0 aliphatic carbocycles. The molecule has 160 valence electrons. The summed E-state index contributed by atoms with van der Waals surface area (Å²) in [5, 5.41) is 4.40. The second kappa shape index (κ2) is 10.1. The number of benzene rings is 1. The summed E-state index contributed by atoms with van der Waals surface area (Å²) in [6.07, 6.45) is 2.43. The molecule has 0 radical (unpaired) electrons. The molecule has 3 aromatic rings. The summed E-state index contributed by atoms with van der Waals surface area (Å²) in [6.45, 7) is 11.1. The SMILES string of the molecule is CCN(CC)c1onc(-c2ccccc2)c1CN(CCC(C)C)C(=O)c1ccco1. The Balaban J connectivity index is 2.01. The summed E-state index contributed by atoms with van der Waals surface area (Å²) >= 11 is 0. The van der Waals surface area contributed by atoms with Gasteiger partial charge in [-0.3, -0.25) is 4.79 Å². The van der Waals surface area contributed by atoms with Crippen LogP contribution in [0.25, 0.3) is 11.3 Å². The van der Waals surface area contributed by atoms with E-state index in [-0.39, 0.29) is 5.91 Å². The predicted molar refractivity (Wildman–Crippen MR) is 118 cm³/mol. The van der Waals surface area contributed by atoms with Crippen molar-refractivity contribution in [2.45, 2.75) is 40.7 Å². The number of carbonyl (C=O) groups is 1. The van der Waals surface area contributed by atoms with Crippen LogP contribution in [-0.4, -0.2) is 35.6 Å². The van der Waals surface area contributed by atoms with Gasteiger partial charge in [0.2, 0.25) is 5.88 Å². The van der Waals surface area contributed by atoms with Gasteiger partial charge in [-0.2, -0.15) is 0 Å². The number of nitrogens with zero attached hydrogens (tertiary/aromatic N) is 3. The number of amides is 1. The molecule has 2 aromatic heterocycles. The lowest BCUT2D eigenvalue weighted by atomic mass is 10.1. The number of hydrogen-bond acceptors (Lipinski definition) is 5. The maximum Gasteiger partial charge on any atom is 0.289 e. The molecule has 0 saturated heterocycles. The molecule has 0 fully saturated rings. The third kappa shape index (κ3) is 4.93. The average Bonchev–Trinajstić information content (AvgIpc) is 3.43. The minimum Gasteiger partial charge on any atom is -0.459 e. The van der Waals surface area contributed by atoms with Crippen molar-refractivity contribution >= 4 is 11.8 Å². The summed E-state index contributed by atoms with van der Waals surface area (Å²) in [4.78, 5) is 17.2. The Morgan fingerprint density at radius 1 is 1.07 bits per heavy atom. The summed E-state index contributed by atoms with van der Waals surface area (Å²) in [6, 6.07) is 13.4. The molecule has 0 saturated carbocycles. The molecule has 0 atom stereocenters. The maximum atomic E-state index is 13.2. The first kappa shape index (κ1) is 21.7. The molecule has 3 rings (SSSR count). The molecule has 6 nitrogen and oxygen atoms in total. The van der Waals surface area contributed by atoms with Crippen LogP contribution in [0.15, 0.2) is 57.7 Å². The largest absolute Gasteiger partial charge is 0.459 e. The third-order valence-corrected chi connectivity index (χ3v) is 5.21. The van der Waals surface area contributed by atoms with E-state index in [4.69, 9.17) is 8.94 Å². The van der Waals surface area contributed by atoms with Crippen LogP contribution in [0.2, 0.25) is 0 Å². The molecule has 0 N–H and O–H groups in total. The van der Waals surface area contributed by atoms with Crippen molar-refractivity contribution in [3.05, 3.63) is 60.1 Å². The highest BCUT2D eigenvalue weighted by Crippen LogP contribution is 2.33. The normalized spacial score (nSPS) is 11.1. The van der Waals surface area contributed by atoms with E-state index in [1.807, 2.05) is 35.2 Å². The molecule has 1 aromatic carbocycles. The summed E-state index contributed by atoms with van der Waals surface area (Å²) in [7, 11) is 0. The summed E-state index contributed by atoms with van der Waals surface area (Å²) < 4.78 is 11.2. The van der Waals surface area contributed by atoms with Gasteiger partial charge in [0.05, 0.1) is 18.4 Å². The lowest BCUT2D eigenvalue weighted by molar-refractivity contribution is 0.0703. The van der Waals surface area contributed by atoms with Crippen molar-refractivity contribution in [2.75, 3.05) is 24.5 Å². The molecule has 0 aliphatic heterocycles. The van der Waals surface area contributed by atoms with Gasteiger partial charge in [-0.05, 0) is 38.3 Å². The number of aromatic nitrogens is 1. The van der Waals surface area contributed by atoms with E-state index in [9.17, 15) is 4.79 Å². The molecule has 0 spiro atoms. The third-order valence-electron chi connectivity index (χ3n) is 5.21. The molecule has 6 heteroatoms. The van der Waals surface area contributed by atoms with Gasteiger partial charge in [0.1, 0.15) is 5.69 Å². The summed E-state index contributed by atoms with van der Waals surface area (Å²) in [5.41, 5.74) is 2.68. The van der Waals surface area contributed by atoms with Gasteiger partial charge >= 0.3 is 0 Å². The Bertz CT molecular complexity index is 913. The van der Waals surface area contributed by atoms with Gasteiger partial charge < -0.3 is 18.7 Å². The molecule has 0 aliphatic rings. The molecule has 30 heavy (non-hydrogen) atoms. The first-order valence-electron chi connectivity index (χ1n) is 10.7. The van der Waals surface area contributed by atoms with Crippen LogP contribution in [0.4, 0.5) is 5.88 Å². The Kier molecular flexibility index (Phi) is 7.33. The van der Waals surface area contributed by atoms with E-state index in [1.165, 1.54) is 6.26 Å². The smallest absolute Gasteiger partial charge is 0.289 e. The van der Waals surface area contributed by atoms with Gasteiger partial charge in [-0.15, -0.1) is 0 Å². The van der Waals surface area contributed by atoms with E-state index in [2.05, 4.69) is 37.8 Å². The second-order valence-electron chi connectivity index (χ2n) is 7.74. The first-order chi connectivity index (χ1) is 14.5. The highest BCUT2D eigenvalue weighted by Gasteiger charge is 2.26. The van der Waals surface area contributed by atoms with E-state index >= 15 is 0 Å². The Morgan fingerprint density at radius 3 is 2.40 bits per heavy atom. The van der Waals surface area contributed by atoms with Gasteiger partial charge in [-0.25, -0.2) is 0 Å². The predicted octanol–water partition coefficient (Wildman–Crippen LogP) is 5.47. The van der Waals surface area contributed by atoms with Gasteiger partial charge in [0.25, 0.3) is 5.91 Å². The maximum absolute atomic E-state index is 13.2. The van der Waals surface area contributed by atoms with Crippen molar-refractivity contribution in [2.24, 2.45) is 5.92 Å². The zero-order chi connectivity index (χ0) is 21.5. The zero-order valence-corrected chi connectivity index (χ0v) is 18.3. The van der Waals surface area contributed by atoms with Crippen LogP contribution in [0, 0.1) is 5.92 Å². The van der Waals surface area contributed by atoms with Crippen molar-refractivity contribution in [1.29, 1.82) is 0 Å². The van der Waals surface area contributed by atoms with Crippen LogP contribution < -0.4 is 4.90 Å². The van der Waals surface area contributed by atoms with E-state index in [0.717, 1.165) is 42.2 Å². The van der Waals surface area contributed by atoms with E-state index in [0.29, 0.717) is 24.8 Å². The van der Waals surface area contributed by atoms with Crippen molar-refractivity contribution in [3.63, 3.8) is 0 Å². The van der Waals surface area contributed by atoms with Crippen molar-refractivity contribution < 1.29 is 13.7 Å². The number of anilines is 1. The standard InChI is InChI=1S/C24H31N3O3/c1-5-26(6-2)24-20(22(25-30-24)19-11-8-7-9-12-19)17-27(15-14-18(3)4)23(28)21-13-10-16-29-21/h7-13,16,18H,5-6,14-15,17H2,1-4H3. The van der Waals surface area contributed by atoms with Crippen LogP contribution in [-0.2, 0) is 6.54 Å². The number of furan rings is 1. The fourth-order valence-corrected chi connectivity index (χ4v) is 3.44. The van der Waals surface area contributed by atoms with Crippen LogP contribution in [0.3, 0.4) is 0 Å². The lowest BCUT2D eigenvalue weighted by Crippen LogP contribution is -2.33. The highest BCUT2D eigenvalue weighted by atomic mass is 16.5. The van der Waals surface area contributed by atoms with Gasteiger partial charge in [0.15, 0.2) is 5.76 Å². The molecule has 0 unspecified atom stereocenters. The monoisotopic (exact) mass is 409 g/mol. The Labute approximate surface area is 178 Å². The Hall–Kier alpha value is -3.02. The fourth-order valence-electron chi connectivity index (χ4n) is 3.44. The van der Waals surface area contributed by atoms with Crippen LogP contribution in [0.1, 0.15) is 50.2 Å². The van der Waals surface area contributed by atoms with Gasteiger partial charge in [-0.1, -0.05) is 49.3 Å². The zero-order valence-electron chi connectivity index (χ0n) is 18.3. The molecule has 0 bridgehead atoms. The number of rotatable bonds is 10. The van der Waals surface area contributed by atoms with Crippen molar-refractivity contribution in [1.82, 2.24) is 10.1 Å². The minimum absolute atomic E-state index is 0.119. The molecular formula is C24H31N3O3. The quantitative estimate of drug-likeness (QED) is 0.444. The number of hydrogen-bond donors (Lipinski definition) is 0.